The van der Waals surface area contributed by atoms with Gasteiger partial charge in [-0.2, -0.15) is 0 Å². The normalized spacial score (nSPS) is 12.1. The number of ether oxygens (including phenoxy) is 2. The van der Waals surface area contributed by atoms with Crippen molar-refractivity contribution in [2.24, 2.45) is 0 Å². The number of rotatable bonds is 6. The van der Waals surface area contributed by atoms with Gasteiger partial charge in [-0.15, -0.1) is 6.58 Å². The van der Waals surface area contributed by atoms with Gasteiger partial charge in [0, 0.05) is 5.57 Å². The van der Waals surface area contributed by atoms with Gasteiger partial charge in [-0.05, 0) is 29.5 Å². The molecular weight excluding hydrogens is 264 g/mol. The molecule has 0 aliphatic rings. The van der Waals surface area contributed by atoms with E-state index in [1.165, 1.54) is 5.56 Å². The van der Waals surface area contributed by atoms with Crippen molar-refractivity contribution in [1.82, 2.24) is 0 Å². The lowest BCUT2D eigenvalue weighted by Crippen LogP contribution is -2.10. The summed E-state index contributed by atoms with van der Waals surface area (Å²) in [6, 6.07) is 8.17. The summed E-state index contributed by atoms with van der Waals surface area (Å²) < 4.78 is 10.00. The number of hydrogen-bond donors (Lipinski definition) is 0. The predicted molar refractivity (Wildman–Crippen MR) is 85.9 cm³/mol. The fraction of sp³-hybridized carbons (Fsp3) is 0.389. The summed E-state index contributed by atoms with van der Waals surface area (Å²) in [6.45, 7) is 12.1. The minimum absolute atomic E-state index is 0.0566. The molecule has 0 atom stereocenters. The molecule has 0 spiro atoms. The van der Waals surface area contributed by atoms with Gasteiger partial charge in [-0.3, -0.25) is 0 Å². The van der Waals surface area contributed by atoms with Crippen molar-refractivity contribution in [2.45, 2.75) is 33.1 Å². The Labute approximate surface area is 127 Å². The molecule has 1 rings (SSSR count). The van der Waals surface area contributed by atoms with Gasteiger partial charge in [0.25, 0.3) is 0 Å². The van der Waals surface area contributed by atoms with Crippen LogP contribution in [0.4, 0.5) is 0 Å². The van der Waals surface area contributed by atoms with Crippen LogP contribution in [0.3, 0.4) is 0 Å². The van der Waals surface area contributed by atoms with Crippen molar-refractivity contribution in [3.05, 3.63) is 53.6 Å². The van der Waals surface area contributed by atoms with Gasteiger partial charge in [0.05, 0.1) is 6.61 Å². The third-order valence-corrected chi connectivity index (χ3v) is 2.99. The molecule has 0 N–H and O–H groups in total. The summed E-state index contributed by atoms with van der Waals surface area (Å²) in [4.78, 5) is 11.7. The zero-order chi connectivity index (χ0) is 15.9. The van der Waals surface area contributed by atoms with Gasteiger partial charge in [0.1, 0.15) is 0 Å². The van der Waals surface area contributed by atoms with Gasteiger partial charge >= 0.3 is 5.97 Å². The van der Waals surface area contributed by atoms with Crippen LogP contribution >= 0.6 is 0 Å². The monoisotopic (exact) mass is 288 g/mol. The molecule has 1 aromatic carbocycles. The van der Waals surface area contributed by atoms with Crippen LogP contribution in [-0.2, 0) is 19.7 Å². The lowest BCUT2D eigenvalue weighted by molar-refractivity contribution is -0.150. The first-order valence-electron chi connectivity index (χ1n) is 6.99. The van der Waals surface area contributed by atoms with Gasteiger partial charge in [-0.25, -0.2) is 4.79 Å². The molecule has 0 aliphatic heterocycles. The molecule has 0 aliphatic carbocycles. The molecule has 0 unspecified atom stereocenters. The largest absolute Gasteiger partial charge is 0.435 e. The molecule has 0 radical (unpaired) electrons. The van der Waals surface area contributed by atoms with Crippen LogP contribution in [0.2, 0.25) is 0 Å². The van der Waals surface area contributed by atoms with E-state index in [4.69, 9.17) is 9.47 Å². The van der Waals surface area contributed by atoms with Crippen molar-refractivity contribution in [3.8, 4) is 0 Å². The van der Waals surface area contributed by atoms with Crippen molar-refractivity contribution in [2.75, 3.05) is 13.4 Å². The second-order valence-corrected chi connectivity index (χ2v) is 5.91. The fourth-order valence-electron chi connectivity index (χ4n) is 1.73. The van der Waals surface area contributed by atoms with Gasteiger partial charge in [0.2, 0.25) is 0 Å². The highest BCUT2D eigenvalue weighted by atomic mass is 16.7. The van der Waals surface area contributed by atoms with E-state index in [1.807, 2.05) is 18.2 Å². The van der Waals surface area contributed by atoms with Crippen LogP contribution in [0.5, 0.6) is 0 Å². The molecule has 3 nitrogen and oxygen atoms in total. The Hall–Kier alpha value is -1.87. The standard InChI is InChI=1S/C18H24O3/c1-6-11-20-13-21-17(19)14(2)12-15-7-9-16(10-8-15)18(3,4)5/h6-10,12H,1,11,13H2,2-5H3. The number of hydrogen-bond acceptors (Lipinski definition) is 3. The van der Waals surface area contributed by atoms with Gasteiger partial charge in [0.15, 0.2) is 6.79 Å². The second kappa shape index (κ2) is 7.79. The smallest absolute Gasteiger partial charge is 0.335 e. The third kappa shape index (κ3) is 5.96. The molecule has 0 bridgehead atoms. The van der Waals surface area contributed by atoms with E-state index in [0.717, 1.165) is 5.56 Å². The Morgan fingerprint density at radius 2 is 1.86 bits per heavy atom. The highest BCUT2D eigenvalue weighted by Gasteiger charge is 2.12. The highest BCUT2D eigenvalue weighted by Crippen LogP contribution is 2.22. The maximum absolute atomic E-state index is 11.7. The Bertz CT molecular complexity index is 504. The fourth-order valence-corrected chi connectivity index (χ4v) is 1.73. The third-order valence-electron chi connectivity index (χ3n) is 2.99. The van der Waals surface area contributed by atoms with Crippen molar-refractivity contribution < 1.29 is 14.3 Å². The SMILES string of the molecule is C=CCOCOC(=O)C(C)=Cc1ccc(C(C)(C)C)cc1. The summed E-state index contributed by atoms with van der Waals surface area (Å²) in [5, 5.41) is 0. The zero-order valence-electron chi connectivity index (χ0n) is 13.3. The maximum atomic E-state index is 11.7. The minimum atomic E-state index is -0.376. The van der Waals surface area contributed by atoms with Crippen LogP contribution in [0.25, 0.3) is 6.08 Å². The molecule has 21 heavy (non-hydrogen) atoms. The molecule has 0 saturated heterocycles. The first-order chi connectivity index (χ1) is 9.84. The molecule has 0 aromatic heterocycles. The second-order valence-electron chi connectivity index (χ2n) is 5.91. The average molecular weight is 288 g/mol. The number of carbonyl (C=O) groups excluding carboxylic acids is 1. The first-order valence-corrected chi connectivity index (χ1v) is 6.99. The highest BCUT2D eigenvalue weighted by molar-refractivity contribution is 5.92. The first kappa shape index (κ1) is 17.2. The Morgan fingerprint density at radius 1 is 1.24 bits per heavy atom. The van der Waals surface area contributed by atoms with Crippen molar-refractivity contribution >= 4 is 12.0 Å². The van der Waals surface area contributed by atoms with E-state index in [0.29, 0.717) is 12.2 Å². The number of esters is 1. The van der Waals surface area contributed by atoms with E-state index in [9.17, 15) is 4.79 Å². The topological polar surface area (TPSA) is 35.5 Å². The van der Waals surface area contributed by atoms with E-state index in [2.05, 4.69) is 39.5 Å². The van der Waals surface area contributed by atoms with Crippen LogP contribution in [0, 0.1) is 0 Å². The average Bonchev–Trinajstić information content (AvgIpc) is 2.43. The molecular formula is C18H24O3. The summed E-state index contributed by atoms with van der Waals surface area (Å²) in [7, 11) is 0. The minimum Gasteiger partial charge on any atom is -0.435 e. The van der Waals surface area contributed by atoms with Crippen LogP contribution in [-0.4, -0.2) is 19.4 Å². The summed E-state index contributed by atoms with van der Waals surface area (Å²) in [6.07, 6.45) is 3.41. The molecule has 3 heteroatoms. The zero-order valence-corrected chi connectivity index (χ0v) is 13.3. The summed E-state index contributed by atoms with van der Waals surface area (Å²) in [5.74, 6) is -0.376. The van der Waals surface area contributed by atoms with E-state index < -0.39 is 0 Å². The number of benzene rings is 1. The lowest BCUT2D eigenvalue weighted by Gasteiger charge is -2.18. The summed E-state index contributed by atoms with van der Waals surface area (Å²) in [5.41, 5.74) is 2.90. The van der Waals surface area contributed by atoms with Crippen LogP contribution in [0.15, 0.2) is 42.5 Å². The maximum Gasteiger partial charge on any atom is 0.335 e. The van der Waals surface area contributed by atoms with Crippen molar-refractivity contribution in [1.29, 1.82) is 0 Å². The molecule has 114 valence electrons. The van der Waals surface area contributed by atoms with Crippen LogP contribution in [0.1, 0.15) is 38.8 Å². The van der Waals surface area contributed by atoms with Gasteiger partial charge < -0.3 is 9.47 Å². The summed E-state index contributed by atoms with van der Waals surface area (Å²) >= 11 is 0. The van der Waals surface area contributed by atoms with Gasteiger partial charge in [-0.1, -0.05) is 51.1 Å². The molecule has 1 aromatic rings. The molecule has 0 heterocycles. The molecule has 0 fully saturated rings. The molecule has 0 amide bonds. The number of carbonyl (C=O) groups is 1. The van der Waals surface area contributed by atoms with Crippen LogP contribution < -0.4 is 0 Å². The van der Waals surface area contributed by atoms with E-state index in [1.54, 1.807) is 13.0 Å². The molecule has 0 saturated carbocycles. The lowest BCUT2D eigenvalue weighted by atomic mass is 9.86. The Morgan fingerprint density at radius 3 is 2.38 bits per heavy atom. The van der Waals surface area contributed by atoms with Crippen molar-refractivity contribution in [3.63, 3.8) is 0 Å². The predicted octanol–water partition coefficient (Wildman–Crippen LogP) is 4.09. The Kier molecular flexibility index (Phi) is 6.38. The van der Waals surface area contributed by atoms with E-state index >= 15 is 0 Å². The quantitative estimate of drug-likeness (QED) is 0.260. The Balaban J connectivity index is 2.64. The van der Waals surface area contributed by atoms with E-state index in [-0.39, 0.29) is 18.2 Å².